The summed E-state index contributed by atoms with van der Waals surface area (Å²) in [6, 6.07) is 6.54. The number of benzene rings is 1. The van der Waals surface area contributed by atoms with Gasteiger partial charge in [0.25, 0.3) is 5.91 Å². The van der Waals surface area contributed by atoms with Gasteiger partial charge >= 0.3 is 0 Å². The summed E-state index contributed by atoms with van der Waals surface area (Å²) in [5.41, 5.74) is 0.430. The van der Waals surface area contributed by atoms with E-state index >= 15 is 0 Å². The lowest BCUT2D eigenvalue weighted by atomic mass is 10.2. The van der Waals surface area contributed by atoms with Crippen LogP contribution in [0, 0.1) is 0 Å². The van der Waals surface area contributed by atoms with Gasteiger partial charge in [0.15, 0.2) is 6.29 Å². The van der Waals surface area contributed by atoms with Crippen molar-refractivity contribution in [2.75, 3.05) is 39.2 Å². The fourth-order valence-electron chi connectivity index (χ4n) is 1.95. The molecule has 142 valence electrons. The molecule has 0 aliphatic carbocycles. The van der Waals surface area contributed by atoms with Crippen LogP contribution in [0.25, 0.3) is 0 Å². The van der Waals surface area contributed by atoms with Crippen LogP contribution in [0.15, 0.2) is 24.3 Å². The molecule has 1 aromatic rings. The van der Waals surface area contributed by atoms with Crippen molar-refractivity contribution in [2.45, 2.75) is 20.1 Å². The van der Waals surface area contributed by atoms with Crippen molar-refractivity contribution >= 4 is 15.9 Å². The molecule has 0 spiro atoms. The molecule has 0 bridgehead atoms. The summed E-state index contributed by atoms with van der Waals surface area (Å²) in [5, 5.41) is 2.57. The third-order valence-corrected chi connectivity index (χ3v) is 4.53. The van der Waals surface area contributed by atoms with Crippen LogP contribution < -0.4 is 14.8 Å². The average molecular weight is 374 g/mol. The van der Waals surface area contributed by atoms with Crippen molar-refractivity contribution in [3.63, 3.8) is 0 Å². The smallest absolute Gasteiger partial charge is 0.251 e. The predicted octanol–water partition coefficient (Wildman–Crippen LogP) is 0.744. The molecule has 1 amide bonds. The van der Waals surface area contributed by atoms with Crippen LogP contribution >= 0.6 is 0 Å². The molecule has 0 radical (unpaired) electrons. The minimum absolute atomic E-state index is 0.00582. The van der Waals surface area contributed by atoms with Gasteiger partial charge in [-0.25, -0.2) is 13.1 Å². The van der Waals surface area contributed by atoms with Crippen molar-refractivity contribution in [1.29, 1.82) is 0 Å². The van der Waals surface area contributed by atoms with E-state index in [2.05, 4.69) is 10.0 Å². The first-order valence-corrected chi connectivity index (χ1v) is 9.69. The number of nitrogens with one attached hydrogen (secondary N) is 2. The number of amides is 1. The Labute approximate surface area is 148 Å². The lowest BCUT2D eigenvalue weighted by molar-refractivity contribution is -0.130. The Kier molecular flexibility index (Phi) is 9.43. The van der Waals surface area contributed by atoms with Crippen LogP contribution in [0.5, 0.6) is 5.75 Å². The molecule has 0 fully saturated rings. The zero-order valence-electron chi connectivity index (χ0n) is 14.8. The Bertz CT molecular complexity index is 612. The number of rotatable bonds is 12. The molecule has 1 aromatic carbocycles. The van der Waals surface area contributed by atoms with Gasteiger partial charge in [0, 0.05) is 25.3 Å². The zero-order valence-corrected chi connectivity index (χ0v) is 15.6. The van der Waals surface area contributed by atoms with Crippen molar-refractivity contribution < 1.29 is 27.4 Å². The van der Waals surface area contributed by atoms with Gasteiger partial charge in [-0.2, -0.15) is 0 Å². The fourth-order valence-corrected chi connectivity index (χ4v) is 2.85. The monoisotopic (exact) mass is 374 g/mol. The second-order valence-corrected chi connectivity index (χ2v) is 6.92. The quantitative estimate of drug-likeness (QED) is 0.523. The Morgan fingerprint density at radius 1 is 1.12 bits per heavy atom. The van der Waals surface area contributed by atoms with E-state index in [4.69, 9.17) is 14.2 Å². The van der Waals surface area contributed by atoms with Crippen molar-refractivity contribution in [3.8, 4) is 5.75 Å². The molecule has 0 saturated carbocycles. The molecule has 0 saturated heterocycles. The maximum atomic E-state index is 12.0. The molecule has 1 rings (SSSR count). The third-order valence-electron chi connectivity index (χ3n) is 3.18. The molecule has 2 N–H and O–H groups in total. The van der Waals surface area contributed by atoms with E-state index in [0.717, 1.165) is 0 Å². The van der Waals surface area contributed by atoms with Gasteiger partial charge in [0.05, 0.1) is 19.4 Å². The number of ether oxygens (including phenoxy) is 3. The standard InChI is InChI=1S/C16H26N2O6S/c1-4-23-15(24-5-2)12-18-25(20,21)11-10-17-16(19)13-6-8-14(22-3)9-7-13/h6-9,15,18H,4-5,10-12H2,1-3H3,(H,17,19). The molecule has 0 aromatic heterocycles. The van der Waals surface area contributed by atoms with Crippen LogP contribution in [-0.2, 0) is 19.5 Å². The Balaban J connectivity index is 2.40. The van der Waals surface area contributed by atoms with E-state index < -0.39 is 16.3 Å². The van der Waals surface area contributed by atoms with Gasteiger partial charge in [0.1, 0.15) is 5.75 Å². The van der Waals surface area contributed by atoms with Gasteiger partial charge in [0.2, 0.25) is 10.0 Å². The molecule has 0 aliphatic rings. The van der Waals surface area contributed by atoms with Crippen molar-refractivity contribution in [2.24, 2.45) is 0 Å². The molecule has 8 nitrogen and oxygen atoms in total. The highest BCUT2D eigenvalue weighted by molar-refractivity contribution is 7.89. The van der Waals surface area contributed by atoms with E-state index in [1.54, 1.807) is 38.1 Å². The highest BCUT2D eigenvalue weighted by Gasteiger charge is 2.15. The second kappa shape index (κ2) is 11.0. The van der Waals surface area contributed by atoms with E-state index in [0.29, 0.717) is 24.5 Å². The first-order chi connectivity index (χ1) is 11.9. The number of hydrogen-bond acceptors (Lipinski definition) is 6. The van der Waals surface area contributed by atoms with Crippen LogP contribution in [0.3, 0.4) is 0 Å². The number of carbonyl (C=O) groups is 1. The number of carbonyl (C=O) groups excluding carboxylic acids is 1. The summed E-state index contributed by atoms with van der Waals surface area (Å²) in [6.07, 6.45) is -0.626. The van der Waals surface area contributed by atoms with Crippen LogP contribution in [0.2, 0.25) is 0 Å². The van der Waals surface area contributed by atoms with Gasteiger partial charge in [-0.15, -0.1) is 0 Å². The number of sulfonamides is 1. The minimum atomic E-state index is -3.55. The van der Waals surface area contributed by atoms with Gasteiger partial charge < -0.3 is 19.5 Å². The SMILES string of the molecule is CCOC(CNS(=O)(=O)CCNC(=O)c1ccc(OC)cc1)OCC. The third kappa shape index (κ3) is 8.30. The molecule has 25 heavy (non-hydrogen) atoms. The van der Waals surface area contributed by atoms with E-state index in [1.165, 1.54) is 7.11 Å². The summed E-state index contributed by atoms with van der Waals surface area (Å²) in [7, 11) is -2.01. The van der Waals surface area contributed by atoms with Gasteiger partial charge in [-0.05, 0) is 38.1 Å². The Morgan fingerprint density at radius 2 is 1.72 bits per heavy atom. The summed E-state index contributed by atoms with van der Waals surface area (Å²) >= 11 is 0. The van der Waals surface area contributed by atoms with Crippen LogP contribution in [0.4, 0.5) is 0 Å². The minimum Gasteiger partial charge on any atom is -0.497 e. The normalized spacial score (nSPS) is 11.5. The van der Waals surface area contributed by atoms with Gasteiger partial charge in [-0.3, -0.25) is 4.79 Å². The van der Waals surface area contributed by atoms with Crippen LogP contribution in [0.1, 0.15) is 24.2 Å². The molecule has 0 aliphatic heterocycles. The first kappa shape index (κ1) is 21.4. The van der Waals surface area contributed by atoms with Gasteiger partial charge in [-0.1, -0.05) is 0 Å². The summed E-state index contributed by atoms with van der Waals surface area (Å²) in [5.74, 6) is 0.0562. The number of methoxy groups -OCH3 is 1. The molecule has 0 unspecified atom stereocenters. The number of hydrogen-bond donors (Lipinski definition) is 2. The maximum Gasteiger partial charge on any atom is 0.251 e. The van der Waals surface area contributed by atoms with Crippen LogP contribution in [-0.4, -0.2) is 59.8 Å². The summed E-state index contributed by atoms with van der Waals surface area (Å²) in [6.45, 7) is 4.46. The summed E-state index contributed by atoms with van der Waals surface area (Å²) < 4.78 is 41.9. The molecule has 0 heterocycles. The predicted molar refractivity (Wildman–Crippen MR) is 94.2 cm³/mol. The lowest BCUT2D eigenvalue weighted by Crippen LogP contribution is -2.39. The second-order valence-electron chi connectivity index (χ2n) is 4.99. The Morgan fingerprint density at radius 3 is 2.24 bits per heavy atom. The lowest BCUT2D eigenvalue weighted by Gasteiger charge is -2.17. The molecule has 9 heteroatoms. The first-order valence-electron chi connectivity index (χ1n) is 8.04. The highest BCUT2D eigenvalue weighted by Crippen LogP contribution is 2.10. The zero-order chi connectivity index (χ0) is 18.7. The average Bonchev–Trinajstić information content (AvgIpc) is 2.60. The molecular formula is C16H26N2O6S. The maximum absolute atomic E-state index is 12.0. The fraction of sp³-hybridized carbons (Fsp3) is 0.562. The highest BCUT2D eigenvalue weighted by atomic mass is 32.2. The topological polar surface area (TPSA) is 103 Å². The van der Waals surface area contributed by atoms with E-state index in [-0.39, 0.29) is 24.7 Å². The molecular weight excluding hydrogens is 348 g/mol. The van der Waals surface area contributed by atoms with Crippen molar-refractivity contribution in [1.82, 2.24) is 10.0 Å². The largest absolute Gasteiger partial charge is 0.497 e. The van der Waals surface area contributed by atoms with E-state index in [9.17, 15) is 13.2 Å². The molecule has 0 atom stereocenters. The summed E-state index contributed by atoms with van der Waals surface area (Å²) in [4.78, 5) is 12.0. The van der Waals surface area contributed by atoms with E-state index in [1.807, 2.05) is 0 Å². The van der Waals surface area contributed by atoms with Crippen molar-refractivity contribution in [3.05, 3.63) is 29.8 Å². The Hall–Kier alpha value is -1.68.